The van der Waals surface area contributed by atoms with Gasteiger partial charge < -0.3 is 5.11 Å². The number of nitrogens with zero attached hydrogens (tertiary/aromatic N) is 3. The lowest BCUT2D eigenvalue weighted by Crippen LogP contribution is -2.28. The van der Waals surface area contributed by atoms with Crippen LogP contribution < -0.4 is 0 Å². The van der Waals surface area contributed by atoms with Crippen molar-refractivity contribution in [1.29, 1.82) is 0 Å². The summed E-state index contributed by atoms with van der Waals surface area (Å²) in [5.41, 5.74) is 8.13. The Morgan fingerprint density at radius 3 is 2.85 bits per heavy atom. The standard InChI is InChI=1S/C8H13N3O2/c9-11-10-5-6-3-1-2-4-7(6)8(12)13/h6-7H,1-5H2,(H,12,13). The summed E-state index contributed by atoms with van der Waals surface area (Å²) in [6, 6.07) is 0. The second kappa shape index (κ2) is 4.72. The lowest BCUT2D eigenvalue weighted by molar-refractivity contribution is -0.144. The highest BCUT2D eigenvalue weighted by atomic mass is 16.4. The van der Waals surface area contributed by atoms with Crippen LogP contribution in [0.2, 0.25) is 0 Å². The van der Waals surface area contributed by atoms with Crippen LogP contribution in [-0.4, -0.2) is 17.6 Å². The van der Waals surface area contributed by atoms with Crippen molar-refractivity contribution in [3.8, 4) is 0 Å². The van der Waals surface area contributed by atoms with E-state index in [1.807, 2.05) is 0 Å². The van der Waals surface area contributed by atoms with Crippen molar-refractivity contribution in [3.05, 3.63) is 10.4 Å². The highest BCUT2D eigenvalue weighted by Crippen LogP contribution is 2.30. The molecule has 5 heteroatoms. The van der Waals surface area contributed by atoms with Crippen LogP contribution in [0.5, 0.6) is 0 Å². The molecule has 0 saturated heterocycles. The van der Waals surface area contributed by atoms with Gasteiger partial charge in [0.15, 0.2) is 0 Å². The minimum absolute atomic E-state index is 0.0437. The maximum Gasteiger partial charge on any atom is 0.306 e. The summed E-state index contributed by atoms with van der Waals surface area (Å²) < 4.78 is 0. The number of carboxylic acid groups (broad SMARTS) is 1. The van der Waals surface area contributed by atoms with E-state index in [9.17, 15) is 4.79 Å². The zero-order valence-corrected chi connectivity index (χ0v) is 7.39. The Balaban J connectivity index is 2.55. The number of rotatable bonds is 3. The summed E-state index contributed by atoms with van der Waals surface area (Å²) >= 11 is 0. The summed E-state index contributed by atoms with van der Waals surface area (Å²) in [4.78, 5) is 13.4. The molecule has 1 saturated carbocycles. The van der Waals surface area contributed by atoms with Crippen molar-refractivity contribution >= 4 is 5.97 Å². The maximum atomic E-state index is 10.8. The molecular weight excluding hydrogens is 170 g/mol. The summed E-state index contributed by atoms with van der Waals surface area (Å²) in [5.74, 6) is -1.01. The van der Waals surface area contributed by atoms with Crippen molar-refractivity contribution < 1.29 is 9.90 Å². The molecule has 1 fully saturated rings. The Hall–Kier alpha value is -1.22. The molecule has 13 heavy (non-hydrogen) atoms. The topological polar surface area (TPSA) is 86.1 Å². The van der Waals surface area contributed by atoms with E-state index in [0.29, 0.717) is 6.54 Å². The molecule has 0 aromatic heterocycles. The fraction of sp³-hybridized carbons (Fsp3) is 0.875. The van der Waals surface area contributed by atoms with Crippen molar-refractivity contribution in [3.63, 3.8) is 0 Å². The minimum Gasteiger partial charge on any atom is -0.481 e. The van der Waals surface area contributed by atoms with E-state index in [1.165, 1.54) is 0 Å². The summed E-state index contributed by atoms with van der Waals surface area (Å²) in [6.07, 6.45) is 3.62. The third kappa shape index (κ3) is 2.63. The van der Waals surface area contributed by atoms with Gasteiger partial charge in [-0.3, -0.25) is 4.79 Å². The zero-order valence-electron chi connectivity index (χ0n) is 7.39. The summed E-state index contributed by atoms with van der Waals surface area (Å²) in [5, 5.41) is 12.3. The molecule has 0 aromatic carbocycles. The van der Waals surface area contributed by atoms with Gasteiger partial charge in [0.25, 0.3) is 0 Å². The predicted octanol–water partition coefficient (Wildman–Crippen LogP) is 2.19. The second-order valence-electron chi connectivity index (χ2n) is 3.40. The zero-order chi connectivity index (χ0) is 9.68. The average molecular weight is 183 g/mol. The molecule has 2 atom stereocenters. The molecule has 1 rings (SSSR count). The van der Waals surface area contributed by atoms with Crippen LogP contribution in [0.3, 0.4) is 0 Å². The fourth-order valence-electron chi connectivity index (χ4n) is 1.89. The Morgan fingerprint density at radius 1 is 1.54 bits per heavy atom. The molecule has 0 amide bonds. The molecule has 2 unspecified atom stereocenters. The number of carboxylic acids is 1. The van der Waals surface area contributed by atoms with Gasteiger partial charge in [-0.25, -0.2) is 0 Å². The van der Waals surface area contributed by atoms with Crippen molar-refractivity contribution in [2.45, 2.75) is 25.7 Å². The van der Waals surface area contributed by atoms with E-state index >= 15 is 0 Å². The van der Waals surface area contributed by atoms with E-state index < -0.39 is 5.97 Å². The quantitative estimate of drug-likeness (QED) is 0.413. The molecule has 5 nitrogen and oxygen atoms in total. The van der Waals surface area contributed by atoms with Crippen LogP contribution in [0.4, 0.5) is 0 Å². The Kier molecular flexibility index (Phi) is 3.58. The molecule has 1 N–H and O–H groups in total. The Morgan fingerprint density at radius 2 is 2.23 bits per heavy atom. The third-order valence-electron chi connectivity index (χ3n) is 2.61. The van der Waals surface area contributed by atoms with E-state index in [2.05, 4.69) is 10.0 Å². The van der Waals surface area contributed by atoms with Gasteiger partial charge in [0.1, 0.15) is 0 Å². The number of aliphatic carboxylic acids is 1. The van der Waals surface area contributed by atoms with E-state index in [-0.39, 0.29) is 11.8 Å². The second-order valence-corrected chi connectivity index (χ2v) is 3.40. The van der Waals surface area contributed by atoms with Crippen LogP contribution in [-0.2, 0) is 4.79 Å². The molecular formula is C8H13N3O2. The first-order chi connectivity index (χ1) is 6.25. The summed E-state index contributed by atoms with van der Waals surface area (Å²) in [6.45, 7) is 0.327. The number of hydrogen-bond donors (Lipinski definition) is 1. The van der Waals surface area contributed by atoms with Crippen LogP contribution in [0, 0.1) is 11.8 Å². The monoisotopic (exact) mass is 183 g/mol. The van der Waals surface area contributed by atoms with Gasteiger partial charge >= 0.3 is 5.97 Å². The largest absolute Gasteiger partial charge is 0.481 e. The maximum absolute atomic E-state index is 10.8. The highest BCUT2D eigenvalue weighted by Gasteiger charge is 2.29. The Labute approximate surface area is 76.4 Å². The minimum atomic E-state index is -0.752. The molecule has 72 valence electrons. The van der Waals surface area contributed by atoms with E-state index in [4.69, 9.17) is 10.6 Å². The molecule has 0 spiro atoms. The number of azide groups is 1. The van der Waals surface area contributed by atoms with Crippen LogP contribution in [0.25, 0.3) is 10.4 Å². The lowest BCUT2D eigenvalue weighted by Gasteiger charge is -2.26. The number of carbonyl (C=O) groups is 1. The highest BCUT2D eigenvalue weighted by molar-refractivity contribution is 5.70. The molecule has 0 radical (unpaired) electrons. The van der Waals surface area contributed by atoms with Gasteiger partial charge in [0.05, 0.1) is 5.92 Å². The van der Waals surface area contributed by atoms with Gasteiger partial charge in [0.2, 0.25) is 0 Å². The molecule has 0 heterocycles. The molecule has 0 aliphatic heterocycles. The number of hydrogen-bond acceptors (Lipinski definition) is 2. The first kappa shape index (κ1) is 9.86. The van der Waals surface area contributed by atoms with Crippen LogP contribution >= 0.6 is 0 Å². The first-order valence-electron chi connectivity index (χ1n) is 4.49. The third-order valence-corrected chi connectivity index (χ3v) is 2.61. The molecule has 0 bridgehead atoms. The van der Waals surface area contributed by atoms with E-state index in [1.54, 1.807) is 0 Å². The van der Waals surface area contributed by atoms with Crippen LogP contribution in [0.1, 0.15) is 25.7 Å². The van der Waals surface area contributed by atoms with Crippen molar-refractivity contribution in [2.75, 3.05) is 6.54 Å². The van der Waals surface area contributed by atoms with Crippen LogP contribution in [0.15, 0.2) is 5.11 Å². The average Bonchev–Trinajstić information content (AvgIpc) is 2.15. The van der Waals surface area contributed by atoms with Gasteiger partial charge in [-0.2, -0.15) is 0 Å². The van der Waals surface area contributed by atoms with Gasteiger partial charge in [-0.05, 0) is 24.3 Å². The van der Waals surface area contributed by atoms with Gasteiger partial charge in [0, 0.05) is 11.5 Å². The van der Waals surface area contributed by atoms with Gasteiger partial charge in [-0.15, -0.1) is 0 Å². The molecule has 1 aliphatic rings. The van der Waals surface area contributed by atoms with Crippen molar-refractivity contribution in [1.82, 2.24) is 0 Å². The normalized spacial score (nSPS) is 27.7. The predicted molar refractivity (Wildman–Crippen MR) is 47.1 cm³/mol. The lowest BCUT2D eigenvalue weighted by atomic mass is 9.79. The fourth-order valence-corrected chi connectivity index (χ4v) is 1.89. The molecule has 0 aromatic rings. The van der Waals surface area contributed by atoms with Crippen molar-refractivity contribution in [2.24, 2.45) is 17.0 Å². The molecule has 1 aliphatic carbocycles. The Bertz CT molecular complexity index is 236. The first-order valence-corrected chi connectivity index (χ1v) is 4.49. The van der Waals surface area contributed by atoms with E-state index in [0.717, 1.165) is 25.7 Å². The summed E-state index contributed by atoms with van der Waals surface area (Å²) in [7, 11) is 0. The van der Waals surface area contributed by atoms with Gasteiger partial charge in [-0.1, -0.05) is 18.0 Å². The SMILES string of the molecule is [N-]=[N+]=NCC1CCCCC1C(=O)O. The smallest absolute Gasteiger partial charge is 0.306 e.